The number of nitrogens with zero attached hydrogens (tertiary/aromatic N) is 3. The van der Waals surface area contributed by atoms with Crippen LogP contribution in [0, 0.1) is 16.0 Å². The average molecular weight is 588 g/mol. The molecular weight excluding hydrogens is 558 g/mol. The van der Waals surface area contributed by atoms with Crippen molar-refractivity contribution in [2.45, 2.75) is 24.9 Å². The zero-order valence-corrected chi connectivity index (χ0v) is 23.7. The van der Waals surface area contributed by atoms with E-state index in [0.717, 1.165) is 4.90 Å². The van der Waals surface area contributed by atoms with Crippen LogP contribution in [0.25, 0.3) is 0 Å². The van der Waals surface area contributed by atoms with Crippen LogP contribution < -0.4 is 9.47 Å². The van der Waals surface area contributed by atoms with Gasteiger partial charge in [-0.1, -0.05) is 48.5 Å². The van der Waals surface area contributed by atoms with Gasteiger partial charge in [0.2, 0.25) is 0 Å². The minimum atomic E-state index is -1.18. The van der Waals surface area contributed by atoms with Crippen LogP contribution in [0.4, 0.5) is 10.5 Å². The van der Waals surface area contributed by atoms with Crippen molar-refractivity contribution in [1.82, 2.24) is 9.80 Å². The number of hydrogen-bond donors (Lipinski definition) is 0. The number of carbonyl (C=O) groups excluding carboxylic acids is 4. The summed E-state index contributed by atoms with van der Waals surface area (Å²) in [5.41, 5.74) is 0.830. The molecule has 3 aromatic rings. The Bertz CT molecular complexity index is 1580. The minimum Gasteiger partial charge on any atom is -0.497 e. The van der Waals surface area contributed by atoms with Crippen LogP contribution in [0.3, 0.4) is 0 Å². The largest absolute Gasteiger partial charge is 0.497 e. The molecule has 4 atom stereocenters. The Morgan fingerprint density at radius 3 is 2.19 bits per heavy atom. The van der Waals surface area contributed by atoms with Gasteiger partial charge in [0.25, 0.3) is 5.91 Å². The van der Waals surface area contributed by atoms with Crippen LogP contribution in [0.5, 0.6) is 11.5 Å². The van der Waals surface area contributed by atoms with E-state index in [1.165, 1.54) is 31.3 Å². The Balaban J connectivity index is 1.73. The second-order valence-corrected chi connectivity index (χ2v) is 10.1. The molecule has 2 fully saturated rings. The molecule has 4 unspecified atom stereocenters. The Labute approximate surface area is 246 Å². The number of Topliss-reactive ketones (excluding diaryl/α,β-unsaturated/α-hetero) is 1. The summed E-state index contributed by atoms with van der Waals surface area (Å²) in [7, 11) is 2.80. The molecule has 0 radical (unpaired) electrons. The third-order valence-electron chi connectivity index (χ3n) is 7.83. The molecule has 0 aliphatic carbocycles. The van der Waals surface area contributed by atoms with Crippen molar-refractivity contribution in [2.75, 3.05) is 27.4 Å². The molecule has 222 valence electrons. The van der Waals surface area contributed by atoms with Crippen LogP contribution in [-0.2, 0) is 14.3 Å². The summed E-state index contributed by atoms with van der Waals surface area (Å²) in [5.74, 6) is -3.13. The van der Waals surface area contributed by atoms with E-state index in [2.05, 4.69) is 0 Å². The molecule has 3 amide bonds. The van der Waals surface area contributed by atoms with Gasteiger partial charge in [-0.2, -0.15) is 0 Å². The maximum atomic E-state index is 14.3. The number of amides is 3. The molecule has 12 nitrogen and oxygen atoms in total. The first-order valence-electron chi connectivity index (χ1n) is 13.6. The van der Waals surface area contributed by atoms with Gasteiger partial charge in [0.15, 0.2) is 11.5 Å². The molecule has 2 saturated heterocycles. The third kappa shape index (κ3) is 5.16. The first-order chi connectivity index (χ1) is 20.7. The molecule has 0 bridgehead atoms. The number of benzene rings is 3. The Morgan fingerprint density at radius 1 is 0.907 bits per heavy atom. The van der Waals surface area contributed by atoms with Gasteiger partial charge in [-0.3, -0.25) is 29.4 Å². The average Bonchev–Trinajstić information content (AvgIpc) is 3.49. The molecule has 3 aromatic carbocycles. The number of nitro groups is 1. The van der Waals surface area contributed by atoms with E-state index in [-0.39, 0.29) is 29.4 Å². The number of imide groups is 1. The van der Waals surface area contributed by atoms with Crippen molar-refractivity contribution in [1.29, 1.82) is 0 Å². The molecule has 0 spiro atoms. The van der Waals surface area contributed by atoms with E-state index >= 15 is 0 Å². The molecule has 0 aromatic heterocycles. The van der Waals surface area contributed by atoms with Crippen LogP contribution in [0.1, 0.15) is 40.4 Å². The predicted octanol–water partition coefficient (Wildman–Crippen LogP) is 4.15. The van der Waals surface area contributed by atoms with E-state index in [1.807, 2.05) is 0 Å². The number of urea groups is 1. The molecule has 12 heteroatoms. The highest BCUT2D eigenvalue weighted by Crippen LogP contribution is 2.54. The normalized spacial score (nSPS) is 21.0. The molecule has 43 heavy (non-hydrogen) atoms. The quantitative estimate of drug-likeness (QED) is 0.112. The number of esters is 1. The summed E-state index contributed by atoms with van der Waals surface area (Å²) in [4.78, 5) is 68.1. The Morgan fingerprint density at radius 2 is 1.58 bits per heavy atom. The van der Waals surface area contributed by atoms with Crippen LogP contribution in [0.2, 0.25) is 0 Å². The minimum absolute atomic E-state index is 0.00583. The molecule has 2 aliphatic rings. The van der Waals surface area contributed by atoms with E-state index in [1.54, 1.807) is 67.6 Å². The smallest absolute Gasteiger partial charge is 0.328 e. The number of ketones is 1. The summed E-state index contributed by atoms with van der Waals surface area (Å²) in [6, 6.07) is 16.4. The van der Waals surface area contributed by atoms with Crippen LogP contribution >= 0.6 is 0 Å². The maximum Gasteiger partial charge on any atom is 0.328 e. The van der Waals surface area contributed by atoms with Gasteiger partial charge in [-0.25, -0.2) is 4.79 Å². The van der Waals surface area contributed by atoms with Gasteiger partial charge in [-0.15, -0.1) is 0 Å². The molecule has 2 aliphatic heterocycles. The van der Waals surface area contributed by atoms with Crippen molar-refractivity contribution >= 4 is 29.4 Å². The van der Waals surface area contributed by atoms with Gasteiger partial charge in [0.1, 0.15) is 18.3 Å². The maximum absolute atomic E-state index is 14.3. The van der Waals surface area contributed by atoms with Gasteiger partial charge >= 0.3 is 17.7 Å². The van der Waals surface area contributed by atoms with E-state index in [4.69, 9.17) is 14.2 Å². The second kappa shape index (κ2) is 11.9. The van der Waals surface area contributed by atoms with Crippen molar-refractivity contribution in [3.8, 4) is 11.5 Å². The molecule has 2 heterocycles. The second-order valence-electron chi connectivity index (χ2n) is 10.1. The first-order valence-corrected chi connectivity index (χ1v) is 13.6. The number of rotatable bonds is 10. The van der Waals surface area contributed by atoms with Crippen molar-refractivity contribution in [3.05, 3.63) is 99.6 Å². The molecule has 0 N–H and O–H groups in total. The number of carbonyl (C=O) groups is 4. The molecule has 0 saturated carbocycles. The van der Waals surface area contributed by atoms with Gasteiger partial charge < -0.3 is 19.1 Å². The highest BCUT2D eigenvalue weighted by Gasteiger charge is 2.63. The van der Waals surface area contributed by atoms with Gasteiger partial charge in [0, 0.05) is 17.5 Å². The predicted molar refractivity (Wildman–Crippen MR) is 152 cm³/mol. The van der Waals surface area contributed by atoms with Crippen molar-refractivity contribution < 1.29 is 38.3 Å². The lowest BCUT2D eigenvalue weighted by atomic mass is 9.75. The molecule has 5 rings (SSSR count). The van der Waals surface area contributed by atoms with E-state index in [9.17, 15) is 29.3 Å². The number of ether oxygens (including phenoxy) is 3. The fraction of sp³-hybridized carbons (Fsp3) is 0.290. The van der Waals surface area contributed by atoms with Crippen LogP contribution in [-0.4, -0.2) is 71.8 Å². The van der Waals surface area contributed by atoms with Gasteiger partial charge in [-0.05, 0) is 36.2 Å². The SMILES string of the molecule is CCOC(=O)CN1C(=O)C2C(c3ccc(OC)cc3)C(C(=O)c3ccccc3)C(c3ccc(OC)c([N+](=O)[O-])c3)N2C1=O. The van der Waals surface area contributed by atoms with E-state index < -0.39 is 53.3 Å². The Kier molecular flexibility index (Phi) is 8.11. The van der Waals surface area contributed by atoms with Crippen LogP contribution in [0.15, 0.2) is 72.8 Å². The van der Waals surface area contributed by atoms with Crippen molar-refractivity contribution in [2.24, 2.45) is 5.92 Å². The molecular formula is C31H29N3O9. The van der Waals surface area contributed by atoms with E-state index in [0.29, 0.717) is 16.9 Å². The summed E-state index contributed by atoms with van der Waals surface area (Å²) in [6.45, 7) is 1.05. The lowest BCUT2D eigenvalue weighted by Gasteiger charge is -2.28. The van der Waals surface area contributed by atoms with Gasteiger partial charge in [0.05, 0.1) is 37.7 Å². The highest BCUT2D eigenvalue weighted by molar-refractivity contribution is 6.09. The standard InChI is InChI=1S/C31H29N3O9/c1-4-43-24(35)17-32-30(37)28-25(18-10-13-21(41-2)14-11-18)26(29(36)19-8-6-5-7-9-19)27(33(28)31(32)38)20-12-15-23(42-3)22(16-20)34(39)40/h5-16,25-28H,4,17H2,1-3H3. The monoisotopic (exact) mass is 587 g/mol. The summed E-state index contributed by atoms with van der Waals surface area (Å²) < 4.78 is 15.5. The first kappa shape index (κ1) is 29.2. The highest BCUT2D eigenvalue weighted by atomic mass is 16.6. The summed E-state index contributed by atoms with van der Waals surface area (Å²) in [6.07, 6.45) is 0. The lowest BCUT2D eigenvalue weighted by Crippen LogP contribution is -2.41. The Hall–Kier alpha value is -5.26. The zero-order chi connectivity index (χ0) is 30.8. The van der Waals surface area contributed by atoms with Crippen molar-refractivity contribution in [3.63, 3.8) is 0 Å². The summed E-state index contributed by atoms with van der Waals surface area (Å²) >= 11 is 0. The zero-order valence-electron chi connectivity index (χ0n) is 23.7. The number of nitro benzene ring substituents is 1. The number of methoxy groups -OCH3 is 2. The number of fused-ring (bicyclic) bond motifs is 1. The third-order valence-corrected chi connectivity index (χ3v) is 7.83. The number of hydrogen-bond acceptors (Lipinski definition) is 9. The lowest BCUT2D eigenvalue weighted by molar-refractivity contribution is -0.385. The fourth-order valence-electron chi connectivity index (χ4n) is 6.02. The fourth-order valence-corrected chi connectivity index (χ4v) is 6.02. The topological polar surface area (TPSA) is 146 Å². The summed E-state index contributed by atoms with van der Waals surface area (Å²) in [5, 5.41) is 12.0.